The minimum atomic E-state index is 0.663. The van der Waals surface area contributed by atoms with E-state index in [1.165, 1.54) is 33.0 Å². The molecule has 3 nitrogen and oxygen atoms in total. The van der Waals surface area contributed by atoms with Crippen LogP contribution in [-0.2, 0) is 0 Å². The van der Waals surface area contributed by atoms with Crippen LogP contribution in [0.2, 0.25) is 0 Å². The molecule has 0 amide bonds. The van der Waals surface area contributed by atoms with Crippen LogP contribution in [0.5, 0.6) is 0 Å². The molecule has 0 aliphatic carbocycles. The Morgan fingerprint density at radius 3 is 1.40 bits per heavy atom. The molecule has 52 heavy (non-hydrogen) atoms. The van der Waals surface area contributed by atoms with Gasteiger partial charge in [0, 0.05) is 38.4 Å². The summed E-state index contributed by atoms with van der Waals surface area (Å²) in [4.78, 5) is 0. The molecule has 0 saturated heterocycles. The van der Waals surface area contributed by atoms with Crippen LogP contribution in [0.4, 0.5) is 0 Å². The van der Waals surface area contributed by atoms with Gasteiger partial charge in [0.05, 0.1) is 39.4 Å². The van der Waals surface area contributed by atoms with Crippen LogP contribution >= 0.6 is 0 Å². The van der Waals surface area contributed by atoms with E-state index in [1.807, 2.05) is 12.1 Å². The van der Waals surface area contributed by atoms with Gasteiger partial charge in [0.15, 0.2) is 0 Å². The lowest BCUT2D eigenvalue weighted by Gasteiger charge is -2.21. The van der Waals surface area contributed by atoms with Gasteiger partial charge in [-0.1, -0.05) is 127 Å². The molecule has 10 aromatic rings. The zero-order valence-electron chi connectivity index (χ0n) is 28.2. The van der Waals surface area contributed by atoms with Gasteiger partial charge in [-0.3, -0.25) is 0 Å². The highest BCUT2D eigenvalue weighted by molar-refractivity contribution is 6.13. The highest BCUT2D eigenvalue weighted by Crippen LogP contribution is 2.44. The molecule has 3 heteroatoms. The molecule has 0 atom stereocenters. The molecule has 0 unspecified atom stereocenters. The largest absolute Gasteiger partial charge is 0.309 e. The quantitative estimate of drug-likeness (QED) is 0.181. The number of nitriles is 1. The van der Waals surface area contributed by atoms with Crippen molar-refractivity contribution in [3.63, 3.8) is 0 Å². The van der Waals surface area contributed by atoms with Crippen LogP contribution < -0.4 is 0 Å². The fourth-order valence-electron chi connectivity index (χ4n) is 8.01. The Labute approximate surface area is 301 Å². The van der Waals surface area contributed by atoms with Crippen molar-refractivity contribution in [2.45, 2.75) is 0 Å². The average Bonchev–Trinajstić information content (AvgIpc) is 3.73. The van der Waals surface area contributed by atoms with Crippen molar-refractivity contribution >= 4 is 43.6 Å². The number of nitrogens with zero attached hydrogens (tertiary/aromatic N) is 3. The Balaban J connectivity index is 1.31. The first-order chi connectivity index (χ1) is 25.8. The number of hydrogen-bond donors (Lipinski definition) is 0. The van der Waals surface area contributed by atoms with E-state index < -0.39 is 0 Å². The van der Waals surface area contributed by atoms with Crippen molar-refractivity contribution in [3.05, 3.63) is 194 Å². The topological polar surface area (TPSA) is 33.6 Å². The van der Waals surface area contributed by atoms with Crippen molar-refractivity contribution in [1.82, 2.24) is 9.13 Å². The maximum atomic E-state index is 9.71. The summed E-state index contributed by atoms with van der Waals surface area (Å²) in [7, 11) is 0. The first-order valence-corrected chi connectivity index (χ1v) is 17.6. The fourth-order valence-corrected chi connectivity index (χ4v) is 8.01. The van der Waals surface area contributed by atoms with Crippen molar-refractivity contribution in [2.24, 2.45) is 0 Å². The van der Waals surface area contributed by atoms with Gasteiger partial charge in [0.1, 0.15) is 0 Å². The van der Waals surface area contributed by atoms with Gasteiger partial charge >= 0.3 is 0 Å². The monoisotopic (exact) mass is 661 g/mol. The normalized spacial score (nSPS) is 11.4. The Kier molecular flexibility index (Phi) is 6.87. The predicted molar refractivity (Wildman–Crippen MR) is 216 cm³/mol. The second-order valence-corrected chi connectivity index (χ2v) is 13.3. The van der Waals surface area contributed by atoms with Gasteiger partial charge in [-0.2, -0.15) is 5.26 Å². The van der Waals surface area contributed by atoms with Gasteiger partial charge < -0.3 is 9.13 Å². The lowest BCUT2D eigenvalue weighted by atomic mass is 9.90. The zero-order chi connectivity index (χ0) is 34.6. The van der Waals surface area contributed by atoms with Crippen LogP contribution in [-0.4, -0.2) is 9.13 Å². The minimum Gasteiger partial charge on any atom is -0.309 e. The van der Waals surface area contributed by atoms with Gasteiger partial charge in [0.25, 0.3) is 0 Å². The van der Waals surface area contributed by atoms with Gasteiger partial charge in [-0.05, 0) is 82.9 Å². The summed E-state index contributed by atoms with van der Waals surface area (Å²) in [6.45, 7) is 0. The maximum Gasteiger partial charge on any atom is 0.0991 e. The van der Waals surface area contributed by atoms with E-state index in [4.69, 9.17) is 0 Å². The summed E-state index contributed by atoms with van der Waals surface area (Å²) in [5.41, 5.74) is 14.4. The number of rotatable bonds is 5. The van der Waals surface area contributed by atoms with Crippen molar-refractivity contribution in [3.8, 4) is 50.8 Å². The Morgan fingerprint density at radius 1 is 0.346 bits per heavy atom. The maximum absolute atomic E-state index is 9.71. The van der Waals surface area contributed by atoms with E-state index in [0.29, 0.717) is 5.56 Å². The summed E-state index contributed by atoms with van der Waals surface area (Å²) in [6.07, 6.45) is 0. The van der Waals surface area contributed by atoms with E-state index in [-0.39, 0.29) is 0 Å². The number of fused-ring (bicyclic) bond motifs is 6. The standard InChI is InChI=1S/C49H31N3/c50-32-33-24-26-47-43(28-33)39-20-10-12-22-45(39)51(47)38-25-27-48-44(31-38)40-21-11-13-23-46(40)52(48)49-41(35-16-6-2-7-17-35)29-37(34-14-4-1-5-15-34)30-42(49)36-18-8-3-9-19-36/h1-31H. The molecule has 0 saturated carbocycles. The third-order valence-corrected chi connectivity index (χ3v) is 10.3. The number of aromatic nitrogens is 2. The van der Waals surface area contributed by atoms with E-state index in [1.54, 1.807) is 0 Å². The molecular weight excluding hydrogens is 631 g/mol. The highest BCUT2D eigenvalue weighted by atomic mass is 15.0. The third-order valence-electron chi connectivity index (χ3n) is 10.3. The lowest BCUT2D eigenvalue weighted by Crippen LogP contribution is -2.02. The van der Waals surface area contributed by atoms with Crippen molar-refractivity contribution < 1.29 is 0 Å². The highest BCUT2D eigenvalue weighted by Gasteiger charge is 2.22. The second-order valence-electron chi connectivity index (χ2n) is 13.3. The molecule has 0 bridgehead atoms. The summed E-state index contributed by atoms with van der Waals surface area (Å²) in [5, 5.41) is 14.3. The third kappa shape index (κ3) is 4.66. The Hall–Kier alpha value is -7.15. The van der Waals surface area contributed by atoms with Crippen LogP contribution in [0.3, 0.4) is 0 Å². The Morgan fingerprint density at radius 2 is 0.808 bits per heavy atom. The van der Waals surface area contributed by atoms with Crippen LogP contribution in [0.1, 0.15) is 5.56 Å². The smallest absolute Gasteiger partial charge is 0.0991 e. The molecule has 2 aromatic heterocycles. The number of benzene rings is 8. The molecule has 0 aliphatic heterocycles. The van der Waals surface area contributed by atoms with Gasteiger partial charge in [0.2, 0.25) is 0 Å². The van der Waals surface area contributed by atoms with Crippen LogP contribution in [0, 0.1) is 11.3 Å². The molecule has 0 N–H and O–H groups in total. The lowest BCUT2D eigenvalue weighted by molar-refractivity contribution is 1.17. The molecule has 242 valence electrons. The van der Waals surface area contributed by atoms with E-state index in [0.717, 1.165) is 55.3 Å². The average molecular weight is 662 g/mol. The fraction of sp³-hybridized carbons (Fsp3) is 0. The second kappa shape index (κ2) is 12.0. The summed E-state index contributed by atoms with van der Waals surface area (Å²) in [6, 6.07) is 69.3. The SMILES string of the molecule is N#Cc1ccc2c(c1)c1ccccc1n2-c1ccc2c(c1)c1ccccc1n2-c1c(-c2ccccc2)cc(-c2ccccc2)cc1-c1ccccc1. The van der Waals surface area contributed by atoms with Crippen LogP contribution in [0.15, 0.2) is 188 Å². The summed E-state index contributed by atoms with van der Waals surface area (Å²) < 4.78 is 4.80. The minimum absolute atomic E-state index is 0.663. The molecule has 0 aliphatic rings. The van der Waals surface area contributed by atoms with Crippen molar-refractivity contribution in [1.29, 1.82) is 5.26 Å². The molecule has 0 spiro atoms. The first-order valence-electron chi connectivity index (χ1n) is 17.6. The molecule has 2 heterocycles. The molecule has 0 radical (unpaired) electrons. The first kappa shape index (κ1) is 29.7. The molecule has 0 fully saturated rings. The number of para-hydroxylation sites is 2. The molecular formula is C49H31N3. The molecule has 10 rings (SSSR count). The summed E-state index contributed by atoms with van der Waals surface area (Å²) in [5.74, 6) is 0. The van der Waals surface area contributed by atoms with E-state index in [9.17, 15) is 5.26 Å². The van der Waals surface area contributed by atoms with Crippen LogP contribution in [0.25, 0.3) is 88.4 Å². The van der Waals surface area contributed by atoms with E-state index in [2.05, 4.69) is 191 Å². The summed E-state index contributed by atoms with van der Waals surface area (Å²) >= 11 is 0. The van der Waals surface area contributed by atoms with Gasteiger partial charge in [-0.15, -0.1) is 0 Å². The Bertz CT molecular complexity index is 2940. The van der Waals surface area contributed by atoms with Gasteiger partial charge in [-0.25, -0.2) is 0 Å². The predicted octanol–water partition coefficient (Wildman–Crippen LogP) is 12.8. The van der Waals surface area contributed by atoms with Crippen molar-refractivity contribution in [2.75, 3.05) is 0 Å². The van der Waals surface area contributed by atoms with E-state index >= 15 is 0 Å². The zero-order valence-corrected chi connectivity index (χ0v) is 28.2. The molecule has 8 aromatic carbocycles. The number of hydrogen-bond acceptors (Lipinski definition) is 1.